The second-order valence-corrected chi connectivity index (χ2v) is 11.3. The Morgan fingerprint density at radius 1 is 0.467 bits per heavy atom. The van der Waals surface area contributed by atoms with Crippen LogP contribution in [-0.4, -0.2) is 13.2 Å². The van der Waals surface area contributed by atoms with Gasteiger partial charge in [0, 0.05) is 0 Å². The average molecular weight is 591 g/mol. The Morgan fingerprint density at radius 2 is 0.800 bits per heavy atom. The van der Waals surface area contributed by atoms with Gasteiger partial charge in [0.15, 0.2) is 0 Å². The molecule has 1 aliphatic rings. The molecule has 0 unspecified atom stereocenters. The van der Waals surface area contributed by atoms with Crippen molar-refractivity contribution in [2.75, 3.05) is 13.2 Å². The molecule has 0 saturated carbocycles. The maximum Gasteiger partial charge on any atom is 0.126 e. The van der Waals surface area contributed by atoms with Crippen molar-refractivity contribution in [2.24, 2.45) is 0 Å². The van der Waals surface area contributed by atoms with Gasteiger partial charge in [-0.15, -0.1) is 26.3 Å². The van der Waals surface area contributed by atoms with E-state index in [1.54, 1.807) is 12.2 Å². The first-order chi connectivity index (χ1) is 22.1. The van der Waals surface area contributed by atoms with Gasteiger partial charge in [0.05, 0.1) is 5.41 Å². The third-order valence-corrected chi connectivity index (χ3v) is 8.45. The van der Waals surface area contributed by atoms with Gasteiger partial charge >= 0.3 is 0 Å². The molecule has 0 fully saturated rings. The minimum absolute atomic E-state index is 0.423. The van der Waals surface area contributed by atoms with Crippen LogP contribution in [0.5, 0.6) is 11.5 Å². The topological polar surface area (TPSA) is 18.5 Å². The first kappa shape index (κ1) is 31.3. The monoisotopic (exact) mass is 590 g/mol. The summed E-state index contributed by atoms with van der Waals surface area (Å²) in [5.74, 6) is 1.75. The largest absolute Gasteiger partial charge is 0.489 e. The van der Waals surface area contributed by atoms with Gasteiger partial charge < -0.3 is 9.47 Å². The third-order valence-electron chi connectivity index (χ3n) is 8.45. The van der Waals surface area contributed by atoms with Gasteiger partial charge in [0.1, 0.15) is 24.7 Å². The van der Waals surface area contributed by atoms with E-state index in [4.69, 9.17) is 9.47 Å². The van der Waals surface area contributed by atoms with Gasteiger partial charge in [-0.2, -0.15) is 0 Å². The average Bonchev–Trinajstić information content (AvgIpc) is 3.35. The summed E-state index contributed by atoms with van der Waals surface area (Å²) in [5.41, 5.74) is 11.0. The fraction of sp³-hybridized carbons (Fsp3) is 0.163. The highest BCUT2D eigenvalue weighted by Crippen LogP contribution is 2.57. The van der Waals surface area contributed by atoms with Gasteiger partial charge in [-0.1, -0.05) is 122 Å². The van der Waals surface area contributed by atoms with Crippen LogP contribution < -0.4 is 9.47 Å². The molecule has 0 heterocycles. The number of ether oxygens (including phenoxy) is 2. The smallest absolute Gasteiger partial charge is 0.126 e. The van der Waals surface area contributed by atoms with Crippen molar-refractivity contribution in [3.8, 4) is 22.6 Å². The second-order valence-electron chi connectivity index (χ2n) is 11.3. The normalized spacial score (nSPS) is 12.4. The number of rotatable bonds is 16. The zero-order chi connectivity index (χ0) is 31.8. The van der Waals surface area contributed by atoms with Crippen molar-refractivity contribution in [1.29, 1.82) is 0 Å². The lowest BCUT2D eigenvalue weighted by atomic mass is 9.66. The third kappa shape index (κ3) is 5.65. The van der Waals surface area contributed by atoms with Crippen LogP contribution in [0, 0.1) is 0 Å². The molecule has 45 heavy (non-hydrogen) atoms. The van der Waals surface area contributed by atoms with E-state index in [1.165, 1.54) is 33.4 Å². The quantitative estimate of drug-likeness (QED) is 0.106. The SMILES string of the molecule is C=CCOc1c(CC=C)cc(C2(c3cc(CC=C)c(OCC=C)c(CC=C)c3)c3ccccc3-c3ccccc32)cc1CC=C. The predicted octanol–water partition coefficient (Wildman–Crippen LogP) is 10.1. The first-order valence-electron chi connectivity index (χ1n) is 15.5. The highest BCUT2D eigenvalue weighted by molar-refractivity contribution is 5.86. The molecule has 0 spiro atoms. The molecular weight excluding hydrogens is 548 g/mol. The van der Waals surface area contributed by atoms with Crippen LogP contribution in [0.15, 0.2) is 149 Å². The molecule has 0 bridgehead atoms. The molecule has 226 valence electrons. The number of fused-ring (bicyclic) bond motifs is 3. The van der Waals surface area contributed by atoms with Crippen LogP contribution in [0.25, 0.3) is 11.1 Å². The lowest BCUT2D eigenvalue weighted by molar-refractivity contribution is 0.356. The Kier molecular flexibility index (Phi) is 9.85. The number of hydrogen-bond donors (Lipinski definition) is 0. The summed E-state index contributed by atoms with van der Waals surface area (Å²) in [6, 6.07) is 26.8. The van der Waals surface area contributed by atoms with Crippen LogP contribution in [0.3, 0.4) is 0 Å². The standard InChI is InChI=1S/C43H42O2/c1-7-17-31-27-35(28-32(18-8-2)41(31)44-25-11-5)43(39-23-15-13-21-37(39)38-22-14-16-24-40(38)43)36-29-33(19-9-3)42(45-26-12-6)34(30-36)20-10-4/h7-16,21-24,27-30H,1-6,17-20,25-26H2. The van der Waals surface area contributed by atoms with Gasteiger partial charge in [-0.3, -0.25) is 0 Å². The molecule has 4 aromatic carbocycles. The van der Waals surface area contributed by atoms with Crippen LogP contribution in [0.2, 0.25) is 0 Å². The molecule has 0 radical (unpaired) electrons. The van der Waals surface area contributed by atoms with Gasteiger partial charge in [-0.25, -0.2) is 0 Å². The van der Waals surface area contributed by atoms with E-state index >= 15 is 0 Å². The molecule has 0 N–H and O–H groups in total. The zero-order valence-electron chi connectivity index (χ0n) is 26.2. The molecule has 0 aliphatic heterocycles. The van der Waals surface area contributed by atoms with E-state index in [-0.39, 0.29) is 0 Å². The molecule has 0 atom stereocenters. The van der Waals surface area contributed by atoms with E-state index in [2.05, 4.69) is 112 Å². The van der Waals surface area contributed by atoms with Crippen molar-refractivity contribution in [1.82, 2.24) is 0 Å². The van der Waals surface area contributed by atoms with Crippen LogP contribution in [0.1, 0.15) is 44.5 Å². The maximum absolute atomic E-state index is 6.31. The van der Waals surface area contributed by atoms with Crippen molar-refractivity contribution in [3.63, 3.8) is 0 Å². The van der Waals surface area contributed by atoms with E-state index in [1.807, 2.05) is 24.3 Å². The molecule has 2 heteroatoms. The number of benzene rings is 4. The summed E-state index contributed by atoms with van der Waals surface area (Å²) < 4.78 is 12.6. The summed E-state index contributed by atoms with van der Waals surface area (Å²) in [5, 5.41) is 0. The van der Waals surface area contributed by atoms with E-state index in [0.29, 0.717) is 38.9 Å². The van der Waals surface area contributed by atoms with Crippen LogP contribution >= 0.6 is 0 Å². The summed E-state index contributed by atoms with van der Waals surface area (Å²) in [4.78, 5) is 0. The lowest BCUT2D eigenvalue weighted by Crippen LogP contribution is -2.30. The van der Waals surface area contributed by atoms with E-state index in [0.717, 1.165) is 33.8 Å². The molecule has 1 aliphatic carbocycles. The Balaban J connectivity index is 1.96. The first-order valence-corrected chi connectivity index (χ1v) is 15.5. The van der Waals surface area contributed by atoms with E-state index < -0.39 is 5.41 Å². The van der Waals surface area contributed by atoms with Gasteiger partial charge in [-0.05, 0) is 81.3 Å². The molecular formula is C43H42O2. The molecule has 0 aromatic heterocycles. The highest BCUT2D eigenvalue weighted by atomic mass is 16.5. The fourth-order valence-electron chi connectivity index (χ4n) is 6.85. The van der Waals surface area contributed by atoms with Crippen molar-refractivity contribution in [2.45, 2.75) is 31.1 Å². The van der Waals surface area contributed by atoms with Gasteiger partial charge in [0.25, 0.3) is 0 Å². The molecule has 2 nitrogen and oxygen atoms in total. The Labute approximate surface area is 269 Å². The Morgan fingerprint density at radius 3 is 1.11 bits per heavy atom. The number of hydrogen-bond acceptors (Lipinski definition) is 2. The van der Waals surface area contributed by atoms with Gasteiger partial charge in [0.2, 0.25) is 0 Å². The Bertz CT molecular complexity index is 1580. The molecule has 4 aromatic rings. The van der Waals surface area contributed by atoms with Crippen LogP contribution in [-0.2, 0) is 31.1 Å². The molecule has 0 amide bonds. The van der Waals surface area contributed by atoms with Crippen LogP contribution in [0.4, 0.5) is 0 Å². The zero-order valence-corrected chi connectivity index (χ0v) is 26.2. The minimum Gasteiger partial charge on any atom is -0.489 e. The minimum atomic E-state index is -0.612. The maximum atomic E-state index is 6.31. The molecule has 5 rings (SSSR count). The van der Waals surface area contributed by atoms with E-state index in [9.17, 15) is 0 Å². The lowest BCUT2D eigenvalue weighted by Gasteiger charge is -2.36. The predicted molar refractivity (Wildman–Crippen MR) is 191 cm³/mol. The summed E-state index contributed by atoms with van der Waals surface area (Å²) in [6.45, 7) is 25.0. The van der Waals surface area contributed by atoms with Crippen molar-refractivity contribution < 1.29 is 9.47 Å². The molecule has 0 saturated heterocycles. The summed E-state index contributed by atoms with van der Waals surface area (Å²) in [7, 11) is 0. The fourth-order valence-corrected chi connectivity index (χ4v) is 6.85. The van der Waals surface area contributed by atoms with Crippen molar-refractivity contribution in [3.05, 3.63) is 193 Å². The summed E-state index contributed by atoms with van der Waals surface area (Å²) >= 11 is 0. The Hall–Kier alpha value is -5.08. The number of allylic oxidation sites excluding steroid dienone is 4. The van der Waals surface area contributed by atoms with Crippen molar-refractivity contribution >= 4 is 0 Å². The summed E-state index contributed by atoms with van der Waals surface area (Å²) in [6.07, 6.45) is 14.0. The highest BCUT2D eigenvalue weighted by Gasteiger charge is 2.47. The second kappa shape index (κ2) is 14.1.